The van der Waals surface area contributed by atoms with Crippen molar-refractivity contribution in [3.05, 3.63) is 113 Å². The average Bonchev–Trinajstić information content (AvgIpc) is 2.87. The van der Waals surface area contributed by atoms with E-state index in [1.54, 1.807) is 0 Å². The number of hydrogen-bond acceptors (Lipinski definition) is 4. The first-order chi connectivity index (χ1) is 19.2. The summed E-state index contributed by atoms with van der Waals surface area (Å²) in [5.41, 5.74) is 6.83. The minimum absolute atomic E-state index is 0.511. The molecule has 0 atom stereocenters. The summed E-state index contributed by atoms with van der Waals surface area (Å²) >= 11 is 21.1. The molecule has 0 aliphatic heterocycles. The molecule has 4 nitrogen and oxygen atoms in total. The van der Waals surface area contributed by atoms with Gasteiger partial charge in [0.25, 0.3) is 0 Å². The molecule has 0 saturated heterocycles. The van der Waals surface area contributed by atoms with Crippen molar-refractivity contribution in [2.45, 2.75) is 55.4 Å². The predicted molar refractivity (Wildman–Crippen MR) is 166 cm³/mol. The van der Waals surface area contributed by atoms with Gasteiger partial charge in [-0.05, 0) is 0 Å². The van der Waals surface area contributed by atoms with E-state index in [1.807, 2.05) is 104 Å². The molecule has 0 amide bonds. The zero-order chi connectivity index (χ0) is 30.2. The Bertz CT molecular complexity index is 1300. The van der Waals surface area contributed by atoms with E-state index < -0.39 is 18.1 Å². The number of rotatable bonds is 8. The number of benzene rings is 4. The van der Waals surface area contributed by atoms with Crippen LogP contribution in [-0.2, 0) is 18.1 Å². The van der Waals surface area contributed by atoms with Crippen LogP contribution in [0.4, 0.5) is 0 Å². The predicted octanol–water partition coefficient (Wildman–Crippen LogP) is 11.2. The molecule has 41 heavy (non-hydrogen) atoms. The van der Waals surface area contributed by atoms with Gasteiger partial charge in [0.2, 0.25) is 0 Å². The van der Waals surface area contributed by atoms with E-state index in [4.69, 9.17) is 59.7 Å². The molecule has 0 radical (unpaired) electrons. The van der Waals surface area contributed by atoms with Crippen LogP contribution >= 0.6 is 46.4 Å². The molecule has 0 heterocycles. The normalized spacial score (nSPS) is 11.4. The minimum atomic E-state index is -4.90. The Balaban J connectivity index is 1.94. The molecule has 0 aliphatic carbocycles. The molecule has 4 rings (SSSR count). The van der Waals surface area contributed by atoms with Crippen LogP contribution in [0.1, 0.15) is 44.5 Å². The van der Waals surface area contributed by atoms with Crippen molar-refractivity contribution in [3.63, 3.8) is 0 Å². The van der Waals surface area contributed by atoms with Crippen LogP contribution in [0.2, 0.25) is 20.1 Å². The van der Waals surface area contributed by atoms with E-state index in [9.17, 15) is 0 Å². The van der Waals surface area contributed by atoms with E-state index in [0.29, 0.717) is 43.1 Å². The quantitative estimate of drug-likeness (QED) is 0.175. The van der Waals surface area contributed by atoms with Crippen molar-refractivity contribution in [2.75, 3.05) is 0 Å². The molecule has 9 heteroatoms. The van der Waals surface area contributed by atoms with Crippen LogP contribution in [0.3, 0.4) is 0 Å². The van der Waals surface area contributed by atoms with Gasteiger partial charge in [0.1, 0.15) is 0 Å². The second kappa shape index (κ2) is 12.7. The molecular formula is C32H32Cl4O4Ti. The number of aryl methyl sites for hydroxylation is 8. The van der Waals surface area contributed by atoms with Crippen LogP contribution < -0.4 is 13.3 Å². The average molecular weight is 670 g/mol. The summed E-state index contributed by atoms with van der Waals surface area (Å²) in [6, 6.07) is 14.8. The molecule has 0 unspecified atom stereocenters. The van der Waals surface area contributed by atoms with Gasteiger partial charge in [-0.15, -0.1) is 0 Å². The van der Waals surface area contributed by atoms with Gasteiger partial charge >= 0.3 is 269 Å². The second-order valence-corrected chi connectivity index (χ2v) is 14.7. The van der Waals surface area contributed by atoms with Gasteiger partial charge in [0, 0.05) is 0 Å². The molecule has 0 aromatic heterocycles. The van der Waals surface area contributed by atoms with Gasteiger partial charge in [-0.25, -0.2) is 0 Å². The Labute approximate surface area is 267 Å². The Morgan fingerprint density at radius 1 is 0.341 bits per heavy atom. The fourth-order valence-corrected chi connectivity index (χ4v) is 7.93. The first kappa shape index (κ1) is 31.9. The molecule has 0 aliphatic rings. The Hall–Kier alpha value is -2.05. The fourth-order valence-electron chi connectivity index (χ4n) is 4.56. The summed E-state index contributed by atoms with van der Waals surface area (Å²) in [5.74, 6) is 2.04. The fraction of sp³-hybridized carbons (Fsp3) is 0.250. The molecule has 4 aromatic carbocycles. The van der Waals surface area contributed by atoms with Crippen LogP contribution in [0.5, 0.6) is 23.0 Å². The third-order valence-electron chi connectivity index (χ3n) is 6.61. The summed E-state index contributed by atoms with van der Waals surface area (Å²) < 4.78 is 26.9. The van der Waals surface area contributed by atoms with Gasteiger partial charge in [-0.2, -0.15) is 0 Å². The number of hydrogen-bond donors (Lipinski definition) is 0. The second-order valence-electron chi connectivity index (χ2n) is 10.4. The van der Waals surface area contributed by atoms with Gasteiger partial charge in [-0.1, -0.05) is 0 Å². The first-order valence-electron chi connectivity index (χ1n) is 13.0. The topological polar surface area (TPSA) is 36.9 Å². The standard InChI is InChI=1S/4C8H9ClO.Ti/c4*1-5-3-7(10)4-6(2)8(5)9;/h4*3-4,10H,1-2H3;/q;;;;+4/p-4. The van der Waals surface area contributed by atoms with Gasteiger partial charge in [0.05, 0.1) is 0 Å². The summed E-state index contributed by atoms with van der Waals surface area (Å²) in [7, 11) is 0. The van der Waals surface area contributed by atoms with Crippen LogP contribution in [0, 0.1) is 55.4 Å². The molecule has 216 valence electrons. The van der Waals surface area contributed by atoms with Gasteiger partial charge in [-0.3, -0.25) is 0 Å². The van der Waals surface area contributed by atoms with E-state index >= 15 is 0 Å². The molecule has 4 aromatic rings. The molecule has 0 saturated carbocycles. The van der Waals surface area contributed by atoms with Crippen molar-refractivity contribution in [3.8, 4) is 23.0 Å². The van der Waals surface area contributed by atoms with Crippen molar-refractivity contribution < 1.29 is 31.4 Å². The Morgan fingerprint density at radius 3 is 0.634 bits per heavy atom. The van der Waals surface area contributed by atoms with Crippen molar-refractivity contribution >= 4 is 46.4 Å². The van der Waals surface area contributed by atoms with E-state index in [2.05, 4.69) is 0 Å². The number of halogens is 4. The third-order valence-corrected chi connectivity index (χ3v) is 12.0. The van der Waals surface area contributed by atoms with Crippen LogP contribution in [0.25, 0.3) is 0 Å². The zero-order valence-electron chi connectivity index (χ0n) is 24.3. The molecular weight excluding hydrogens is 638 g/mol. The van der Waals surface area contributed by atoms with Crippen molar-refractivity contribution in [1.82, 2.24) is 0 Å². The summed E-state index contributed by atoms with van der Waals surface area (Å²) in [6.45, 7) is 15.4. The van der Waals surface area contributed by atoms with Crippen LogP contribution in [0.15, 0.2) is 48.5 Å². The first-order valence-corrected chi connectivity index (χ1v) is 17.1. The van der Waals surface area contributed by atoms with Gasteiger partial charge in [0.15, 0.2) is 0 Å². The van der Waals surface area contributed by atoms with Crippen LogP contribution in [-0.4, -0.2) is 0 Å². The maximum atomic E-state index is 6.72. The molecule has 0 N–H and O–H groups in total. The monoisotopic (exact) mass is 668 g/mol. The van der Waals surface area contributed by atoms with Crippen molar-refractivity contribution in [1.29, 1.82) is 0 Å². The summed E-state index contributed by atoms with van der Waals surface area (Å²) in [6.07, 6.45) is 0. The third kappa shape index (κ3) is 7.30. The molecule has 0 bridgehead atoms. The molecule has 0 fully saturated rings. The maximum absolute atomic E-state index is 6.72. The van der Waals surface area contributed by atoms with E-state index in [0.717, 1.165) is 44.5 Å². The SMILES string of the molecule is Cc1cc([O][Ti]([O]c2cc(C)c(Cl)c(C)c2)([O]c2cc(C)c(Cl)c(C)c2)[O]c2cc(C)c(Cl)c(C)c2)cc(C)c1Cl. The summed E-state index contributed by atoms with van der Waals surface area (Å²) in [4.78, 5) is 0. The zero-order valence-corrected chi connectivity index (χ0v) is 28.8. The Morgan fingerprint density at radius 2 is 0.488 bits per heavy atom. The van der Waals surface area contributed by atoms with E-state index in [1.165, 1.54) is 0 Å². The molecule has 0 spiro atoms. The summed E-state index contributed by atoms with van der Waals surface area (Å²) in [5, 5.41) is 2.65. The van der Waals surface area contributed by atoms with E-state index in [-0.39, 0.29) is 0 Å². The van der Waals surface area contributed by atoms with Gasteiger partial charge < -0.3 is 0 Å². The van der Waals surface area contributed by atoms with Crippen molar-refractivity contribution in [2.24, 2.45) is 0 Å². The Kier molecular flexibility index (Phi) is 9.85.